The number of hydrogen-bond donors (Lipinski definition) is 1. The van der Waals surface area contributed by atoms with Crippen molar-refractivity contribution in [3.8, 4) is 0 Å². The van der Waals surface area contributed by atoms with Gasteiger partial charge in [0.05, 0.1) is 6.42 Å². The van der Waals surface area contributed by atoms with Crippen LogP contribution in [-0.2, 0) is 9.59 Å². The first-order valence-corrected chi connectivity index (χ1v) is 8.91. The number of benzene rings is 1. The number of amides is 1. The molecule has 4 rings (SSSR count). The van der Waals surface area contributed by atoms with Gasteiger partial charge in [0.1, 0.15) is 6.33 Å². The number of ketones is 1. The Balaban J connectivity index is 1.43. The number of aromatic amines is 1. The maximum atomic E-state index is 12.8. The summed E-state index contributed by atoms with van der Waals surface area (Å²) in [6, 6.07) is 9.91. The molecule has 26 heavy (non-hydrogen) atoms. The second-order valence-electron chi connectivity index (χ2n) is 6.60. The zero-order valence-electron chi connectivity index (χ0n) is 14.5. The molecule has 7 nitrogen and oxygen atoms in total. The van der Waals surface area contributed by atoms with E-state index in [1.807, 2.05) is 35.2 Å². The molecule has 0 radical (unpaired) electrons. The van der Waals surface area contributed by atoms with E-state index in [-0.39, 0.29) is 18.1 Å². The van der Waals surface area contributed by atoms with Gasteiger partial charge in [0, 0.05) is 38.2 Å². The third-order valence-corrected chi connectivity index (χ3v) is 5.09. The Hall–Kier alpha value is -2.96. The molecule has 0 unspecified atom stereocenters. The molecule has 7 heteroatoms. The van der Waals surface area contributed by atoms with Crippen molar-refractivity contribution in [2.45, 2.75) is 19.3 Å². The highest BCUT2D eigenvalue weighted by molar-refractivity contribution is 6.10. The van der Waals surface area contributed by atoms with Crippen molar-refractivity contribution >= 4 is 23.2 Å². The van der Waals surface area contributed by atoms with Gasteiger partial charge < -0.3 is 9.80 Å². The van der Waals surface area contributed by atoms with Gasteiger partial charge in [-0.2, -0.15) is 10.1 Å². The summed E-state index contributed by atoms with van der Waals surface area (Å²) in [7, 11) is 0. The van der Waals surface area contributed by atoms with Crippen LogP contribution in [-0.4, -0.2) is 58.0 Å². The van der Waals surface area contributed by atoms with Crippen molar-refractivity contribution in [1.29, 1.82) is 0 Å². The van der Waals surface area contributed by atoms with Gasteiger partial charge in [-0.05, 0) is 17.6 Å². The van der Waals surface area contributed by atoms with E-state index < -0.39 is 0 Å². The number of anilines is 1. The van der Waals surface area contributed by atoms with Crippen LogP contribution in [0, 0.1) is 0 Å². The lowest BCUT2D eigenvalue weighted by molar-refractivity contribution is -0.131. The molecule has 1 fully saturated rings. The summed E-state index contributed by atoms with van der Waals surface area (Å²) < 4.78 is 0. The van der Waals surface area contributed by atoms with Crippen LogP contribution in [0.3, 0.4) is 0 Å². The van der Waals surface area contributed by atoms with E-state index in [4.69, 9.17) is 0 Å². The molecule has 1 aliphatic heterocycles. The van der Waals surface area contributed by atoms with Gasteiger partial charge in [-0.1, -0.05) is 30.3 Å². The summed E-state index contributed by atoms with van der Waals surface area (Å²) in [5.41, 5.74) is 2.78. The van der Waals surface area contributed by atoms with E-state index in [1.165, 1.54) is 6.33 Å². The van der Waals surface area contributed by atoms with Crippen molar-refractivity contribution in [3.63, 3.8) is 0 Å². The van der Waals surface area contributed by atoms with Gasteiger partial charge in [0.25, 0.3) is 0 Å². The fourth-order valence-electron chi connectivity index (χ4n) is 3.65. The lowest BCUT2D eigenvalue weighted by atomic mass is 9.99. The molecule has 2 heterocycles. The highest BCUT2D eigenvalue weighted by atomic mass is 16.2. The van der Waals surface area contributed by atoms with E-state index >= 15 is 0 Å². The molecule has 1 saturated heterocycles. The average Bonchev–Trinajstić information content (AvgIpc) is 3.34. The molecule has 1 N–H and O–H groups in total. The topological polar surface area (TPSA) is 82.2 Å². The number of hydrogen-bond acceptors (Lipinski definition) is 5. The molecular formula is C19H21N5O2. The normalized spacial score (nSPS) is 17.9. The van der Waals surface area contributed by atoms with Crippen molar-refractivity contribution in [2.24, 2.45) is 0 Å². The molecule has 1 amide bonds. The molecule has 0 bridgehead atoms. The summed E-state index contributed by atoms with van der Waals surface area (Å²) in [5.74, 6) is 0.871. The largest absolute Gasteiger partial charge is 0.339 e. The monoisotopic (exact) mass is 351 g/mol. The smallest absolute Gasteiger partial charge is 0.227 e. The van der Waals surface area contributed by atoms with Crippen LogP contribution in [0.5, 0.6) is 0 Å². The second kappa shape index (κ2) is 7.11. The van der Waals surface area contributed by atoms with Crippen LogP contribution in [0.4, 0.5) is 5.95 Å². The SMILES string of the molecule is O=C1CCC(c2ccccc2)=C1CC(=O)N1CCN(c2ncn[nH]2)CC1. The Labute approximate surface area is 151 Å². The Morgan fingerprint density at radius 1 is 1.08 bits per heavy atom. The van der Waals surface area contributed by atoms with Crippen LogP contribution >= 0.6 is 0 Å². The summed E-state index contributed by atoms with van der Waals surface area (Å²) in [6.45, 7) is 2.67. The molecule has 2 aliphatic rings. The molecule has 0 saturated carbocycles. The third kappa shape index (κ3) is 3.24. The van der Waals surface area contributed by atoms with Crippen LogP contribution in [0.2, 0.25) is 0 Å². The Morgan fingerprint density at radius 2 is 1.85 bits per heavy atom. The lowest BCUT2D eigenvalue weighted by Crippen LogP contribution is -2.49. The molecule has 1 aromatic carbocycles. The Kier molecular flexibility index (Phi) is 4.51. The Bertz CT molecular complexity index is 821. The van der Waals surface area contributed by atoms with Crippen LogP contribution in [0.15, 0.2) is 42.2 Å². The number of carbonyl (C=O) groups is 2. The fraction of sp³-hybridized carbons (Fsp3) is 0.368. The number of carbonyl (C=O) groups excluding carboxylic acids is 2. The number of allylic oxidation sites excluding steroid dienone is 1. The van der Waals surface area contributed by atoms with E-state index in [1.54, 1.807) is 0 Å². The molecule has 0 spiro atoms. The highest BCUT2D eigenvalue weighted by Gasteiger charge is 2.29. The molecule has 134 valence electrons. The van der Waals surface area contributed by atoms with Gasteiger partial charge in [-0.15, -0.1) is 0 Å². The number of piperazine rings is 1. The van der Waals surface area contributed by atoms with E-state index in [0.717, 1.165) is 23.5 Å². The van der Waals surface area contributed by atoms with Crippen LogP contribution in [0.25, 0.3) is 5.57 Å². The molecule has 0 atom stereocenters. The number of H-pyrrole nitrogens is 1. The first-order valence-electron chi connectivity index (χ1n) is 8.91. The predicted octanol–water partition coefficient (Wildman–Crippen LogP) is 1.66. The number of nitrogens with one attached hydrogen (secondary N) is 1. The van der Waals surface area contributed by atoms with Gasteiger partial charge in [0.2, 0.25) is 11.9 Å². The lowest BCUT2D eigenvalue weighted by Gasteiger charge is -2.34. The zero-order chi connectivity index (χ0) is 17.9. The summed E-state index contributed by atoms with van der Waals surface area (Å²) in [5, 5.41) is 6.71. The quantitative estimate of drug-likeness (QED) is 0.906. The van der Waals surface area contributed by atoms with E-state index in [9.17, 15) is 9.59 Å². The molecule has 1 aromatic heterocycles. The molecule has 2 aromatic rings. The summed E-state index contributed by atoms with van der Waals surface area (Å²) >= 11 is 0. The minimum Gasteiger partial charge on any atom is -0.339 e. The van der Waals surface area contributed by atoms with Gasteiger partial charge in [0.15, 0.2) is 5.78 Å². The van der Waals surface area contributed by atoms with E-state index in [2.05, 4.69) is 20.1 Å². The summed E-state index contributed by atoms with van der Waals surface area (Å²) in [6.07, 6.45) is 2.92. The minimum atomic E-state index is 0.0286. The zero-order valence-corrected chi connectivity index (χ0v) is 14.5. The van der Waals surface area contributed by atoms with Crippen molar-refractivity contribution < 1.29 is 9.59 Å². The predicted molar refractivity (Wildman–Crippen MR) is 97.4 cm³/mol. The maximum Gasteiger partial charge on any atom is 0.227 e. The van der Waals surface area contributed by atoms with Crippen LogP contribution < -0.4 is 4.90 Å². The van der Waals surface area contributed by atoms with Crippen molar-refractivity contribution in [3.05, 3.63) is 47.8 Å². The van der Waals surface area contributed by atoms with Gasteiger partial charge in [-0.3, -0.25) is 9.59 Å². The average molecular weight is 351 g/mol. The Morgan fingerprint density at radius 3 is 2.54 bits per heavy atom. The first kappa shape index (κ1) is 16.5. The first-order chi connectivity index (χ1) is 12.7. The molecule has 1 aliphatic carbocycles. The highest BCUT2D eigenvalue weighted by Crippen LogP contribution is 2.33. The number of nitrogens with zero attached hydrogens (tertiary/aromatic N) is 4. The van der Waals surface area contributed by atoms with Gasteiger partial charge >= 0.3 is 0 Å². The van der Waals surface area contributed by atoms with Crippen molar-refractivity contribution in [2.75, 3.05) is 31.1 Å². The number of rotatable bonds is 4. The number of Topliss-reactive ketones (excluding diaryl/α,β-unsaturated/α-hetero) is 1. The minimum absolute atomic E-state index is 0.0286. The van der Waals surface area contributed by atoms with Crippen LogP contribution in [0.1, 0.15) is 24.8 Å². The van der Waals surface area contributed by atoms with E-state index in [0.29, 0.717) is 38.2 Å². The van der Waals surface area contributed by atoms with Gasteiger partial charge in [-0.25, -0.2) is 5.10 Å². The van der Waals surface area contributed by atoms with Crippen molar-refractivity contribution in [1.82, 2.24) is 20.1 Å². The maximum absolute atomic E-state index is 12.8. The number of aromatic nitrogens is 3. The molecular weight excluding hydrogens is 330 g/mol. The second-order valence-corrected chi connectivity index (χ2v) is 6.60. The standard InChI is InChI=1S/C19H21N5O2/c25-17-7-6-15(14-4-2-1-3-5-14)16(17)12-18(26)23-8-10-24(11-9-23)19-20-13-21-22-19/h1-5,13H,6-12H2,(H,20,21,22). The fourth-order valence-corrected chi connectivity index (χ4v) is 3.65. The third-order valence-electron chi connectivity index (χ3n) is 5.09. The summed E-state index contributed by atoms with van der Waals surface area (Å²) in [4.78, 5) is 33.1.